The number of benzene rings is 2. The molecule has 1 aliphatic heterocycles. The van der Waals surface area contributed by atoms with Crippen molar-refractivity contribution in [1.82, 2.24) is 20.2 Å². The van der Waals surface area contributed by atoms with Gasteiger partial charge in [-0.05, 0) is 49.7 Å². The van der Waals surface area contributed by atoms with E-state index in [1.807, 2.05) is 18.2 Å². The number of amides is 1. The maximum atomic E-state index is 12.4. The van der Waals surface area contributed by atoms with Gasteiger partial charge in [-0.2, -0.15) is 0 Å². The number of nitrogens with zero attached hydrogens (tertiary/aromatic N) is 4. The number of methoxy groups -OCH3 is 1. The fraction of sp³-hybridized carbons (Fsp3) is 0.375. The Hall–Kier alpha value is -2.61. The minimum Gasteiger partial charge on any atom is -0.495 e. The van der Waals surface area contributed by atoms with E-state index in [4.69, 9.17) is 4.74 Å². The molecular weight excluding hydrogens is 461 g/mol. The second-order valence-electron chi connectivity index (χ2n) is 7.72. The Morgan fingerprint density at radius 2 is 1.70 bits per heavy atom. The number of carbonyl (C=O) groups excluding carboxylic acids is 1. The highest BCUT2D eigenvalue weighted by Crippen LogP contribution is 2.28. The first-order valence-electron chi connectivity index (χ1n) is 10.8. The Morgan fingerprint density at radius 3 is 2.45 bits per heavy atom. The zero-order valence-corrected chi connectivity index (χ0v) is 20.4. The van der Waals surface area contributed by atoms with Crippen LogP contribution in [0, 0.1) is 0 Å². The highest BCUT2D eigenvalue weighted by molar-refractivity contribution is 5.97. The van der Waals surface area contributed by atoms with Crippen LogP contribution < -0.4 is 15.0 Å². The molecule has 1 saturated heterocycles. The topological polar surface area (TPSA) is 70.6 Å². The summed E-state index contributed by atoms with van der Waals surface area (Å²) in [6, 6.07) is 13.6. The SMILES string of the molecule is COc1ccccc1N1CCN(CCCCNC(=O)c2ccc3nccnc3c2)CC1.Cl.Cl. The molecule has 1 fully saturated rings. The molecule has 1 aromatic heterocycles. The molecule has 0 atom stereocenters. The van der Waals surface area contributed by atoms with E-state index in [1.165, 1.54) is 5.69 Å². The Bertz CT molecular complexity index is 1030. The normalized spacial score (nSPS) is 13.7. The van der Waals surface area contributed by atoms with Crippen molar-refractivity contribution < 1.29 is 9.53 Å². The summed E-state index contributed by atoms with van der Waals surface area (Å²) in [5.41, 5.74) is 3.33. The van der Waals surface area contributed by atoms with E-state index >= 15 is 0 Å². The van der Waals surface area contributed by atoms with Crippen molar-refractivity contribution in [1.29, 1.82) is 0 Å². The average molecular weight is 492 g/mol. The van der Waals surface area contributed by atoms with Crippen LogP contribution in [0.25, 0.3) is 11.0 Å². The zero-order chi connectivity index (χ0) is 21.5. The van der Waals surface area contributed by atoms with Crippen molar-refractivity contribution in [3.8, 4) is 5.75 Å². The molecule has 0 saturated carbocycles. The summed E-state index contributed by atoms with van der Waals surface area (Å²) in [7, 11) is 1.72. The van der Waals surface area contributed by atoms with Crippen LogP contribution in [-0.4, -0.2) is 67.2 Å². The fourth-order valence-electron chi connectivity index (χ4n) is 3.97. The average Bonchev–Trinajstić information content (AvgIpc) is 2.83. The lowest BCUT2D eigenvalue weighted by molar-refractivity contribution is 0.0952. The minimum atomic E-state index is -0.0574. The predicted octanol–water partition coefficient (Wildman–Crippen LogP) is 3.81. The maximum absolute atomic E-state index is 12.4. The van der Waals surface area contributed by atoms with Gasteiger partial charge < -0.3 is 15.0 Å². The van der Waals surface area contributed by atoms with Crippen LogP contribution in [0.2, 0.25) is 0 Å². The Morgan fingerprint density at radius 1 is 0.970 bits per heavy atom. The number of rotatable bonds is 8. The van der Waals surface area contributed by atoms with Crippen LogP contribution in [0.3, 0.4) is 0 Å². The van der Waals surface area contributed by atoms with E-state index in [1.54, 1.807) is 31.6 Å². The third kappa shape index (κ3) is 6.93. The smallest absolute Gasteiger partial charge is 0.251 e. The van der Waals surface area contributed by atoms with Gasteiger partial charge in [0.25, 0.3) is 5.91 Å². The molecule has 1 amide bonds. The Kier molecular flexibility index (Phi) is 10.6. The maximum Gasteiger partial charge on any atom is 0.251 e. The number of unbranched alkanes of at least 4 members (excludes halogenated alkanes) is 1. The molecule has 0 radical (unpaired) electrons. The summed E-state index contributed by atoms with van der Waals surface area (Å²) in [6.07, 6.45) is 5.32. The quantitative estimate of drug-likeness (QED) is 0.483. The second kappa shape index (κ2) is 13.2. The van der Waals surface area contributed by atoms with Gasteiger partial charge in [0, 0.05) is 50.7 Å². The van der Waals surface area contributed by atoms with Gasteiger partial charge in [-0.15, -0.1) is 24.8 Å². The van der Waals surface area contributed by atoms with Gasteiger partial charge in [0.05, 0.1) is 23.8 Å². The molecular formula is C24H31Cl2N5O2. The molecule has 3 aromatic rings. The molecule has 178 valence electrons. The fourth-order valence-corrected chi connectivity index (χ4v) is 3.97. The van der Waals surface area contributed by atoms with E-state index in [0.29, 0.717) is 12.1 Å². The number of anilines is 1. The van der Waals surface area contributed by atoms with Crippen LogP contribution in [-0.2, 0) is 0 Å². The van der Waals surface area contributed by atoms with Crippen LogP contribution in [0.5, 0.6) is 5.75 Å². The molecule has 1 N–H and O–H groups in total. The van der Waals surface area contributed by atoms with Crippen molar-refractivity contribution in [2.75, 3.05) is 51.3 Å². The van der Waals surface area contributed by atoms with Gasteiger partial charge in [-0.3, -0.25) is 19.7 Å². The summed E-state index contributed by atoms with van der Waals surface area (Å²) >= 11 is 0. The molecule has 7 nitrogen and oxygen atoms in total. The Labute approximate surface area is 207 Å². The second-order valence-corrected chi connectivity index (χ2v) is 7.72. The molecule has 2 heterocycles. The highest BCUT2D eigenvalue weighted by atomic mass is 35.5. The number of hydrogen-bond donors (Lipinski definition) is 1. The van der Waals surface area contributed by atoms with E-state index in [2.05, 4.69) is 37.2 Å². The largest absolute Gasteiger partial charge is 0.495 e. The van der Waals surface area contributed by atoms with Gasteiger partial charge in [0.1, 0.15) is 5.75 Å². The molecule has 1 aliphatic rings. The van der Waals surface area contributed by atoms with Gasteiger partial charge in [0.15, 0.2) is 0 Å². The van der Waals surface area contributed by atoms with Crippen LogP contribution in [0.1, 0.15) is 23.2 Å². The van der Waals surface area contributed by atoms with Crippen LogP contribution in [0.15, 0.2) is 54.9 Å². The molecule has 0 bridgehead atoms. The summed E-state index contributed by atoms with van der Waals surface area (Å²) in [6.45, 7) is 5.83. The highest BCUT2D eigenvalue weighted by Gasteiger charge is 2.19. The number of nitrogens with one attached hydrogen (secondary N) is 1. The number of para-hydroxylation sites is 2. The molecule has 2 aromatic carbocycles. The summed E-state index contributed by atoms with van der Waals surface area (Å²) < 4.78 is 5.49. The van der Waals surface area contributed by atoms with Crippen molar-refractivity contribution in [3.63, 3.8) is 0 Å². The number of ether oxygens (including phenoxy) is 1. The minimum absolute atomic E-state index is 0. The van der Waals surface area contributed by atoms with Crippen molar-refractivity contribution in [2.45, 2.75) is 12.8 Å². The van der Waals surface area contributed by atoms with Gasteiger partial charge in [-0.25, -0.2) is 0 Å². The standard InChI is InChI=1S/C24H29N5O2.2ClH/c1-31-23-7-3-2-6-22(23)29-16-14-28(15-17-29)13-5-4-10-27-24(30)19-8-9-20-21(18-19)26-12-11-25-20;;/h2-3,6-9,11-12,18H,4-5,10,13-17H2,1H3,(H,27,30);2*1H. The lowest BCUT2D eigenvalue weighted by atomic mass is 10.1. The summed E-state index contributed by atoms with van der Waals surface area (Å²) in [4.78, 5) is 25.8. The number of aromatic nitrogens is 2. The monoisotopic (exact) mass is 491 g/mol. The lowest BCUT2D eigenvalue weighted by Crippen LogP contribution is -2.46. The number of piperazine rings is 1. The molecule has 4 rings (SSSR count). The van der Waals surface area contributed by atoms with Crippen molar-refractivity contribution in [3.05, 3.63) is 60.4 Å². The van der Waals surface area contributed by atoms with Crippen molar-refractivity contribution >= 4 is 47.4 Å². The zero-order valence-electron chi connectivity index (χ0n) is 18.8. The summed E-state index contributed by atoms with van der Waals surface area (Å²) in [5, 5.41) is 3.01. The third-order valence-electron chi connectivity index (χ3n) is 5.72. The van der Waals surface area contributed by atoms with Crippen LogP contribution >= 0.6 is 24.8 Å². The Balaban J connectivity index is 0.00000193. The van der Waals surface area contributed by atoms with Crippen molar-refractivity contribution in [2.24, 2.45) is 0 Å². The van der Waals surface area contributed by atoms with Gasteiger partial charge in [0.2, 0.25) is 0 Å². The first kappa shape index (κ1) is 26.6. The summed E-state index contributed by atoms with van der Waals surface area (Å²) in [5.74, 6) is 0.878. The van der Waals surface area contributed by atoms with Gasteiger partial charge in [-0.1, -0.05) is 12.1 Å². The molecule has 33 heavy (non-hydrogen) atoms. The third-order valence-corrected chi connectivity index (χ3v) is 5.72. The molecule has 0 unspecified atom stereocenters. The van der Waals surface area contributed by atoms with Gasteiger partial charge >= 0.3 is 0 Å². The van der Waals surface area contributed by atoms with E-state index in [9.17, 15) is 4.79 Å². The van der Waals surface area contributed by atoms with E-state index in [-0.39, 0.29) is 30.7 Å². The van der Waals surface area contributed by atoms with E-state index < -0.39 is 0 Å². The molecule has 0 aliphatic carbocycles. The predicted molar refractivity (Wildman–Crippen MR) is 137 cm³/mol. The number of halogens is 2. The first-order chi connectivity index (χ1) is 15.2. The molecule has 9 heteroatoms. The number of fused-ring (bicyclic) bond motifs is 1. The molecule has 0 spiro atoms. The van der Waals surface area contributed by atoms with Crippen LogP contribution in [0.4, 0.5) is 5.69 Å². The lowest BCUT2D eigenvalue weighted by Gasteiger charge is -2.36. The number of carbonyl (C=O) groups is 1. The number of hydrogen-bond acceptors (Lipinski definition) is 6. The first-order valence-corrected chi connectivity index (χ1v) is 10.8. The van der Waals surface area contributed by atoms with E-state index in [0.717, 1.165) is 62.3 Å².